The number of hydrogen-bond acceptors (Lipinski definition) is 33. The molecule has 0 saturated carbocycles. The summed E-state index contributed by atoms with van der Waals surface area (Å²) in [4.78, 5) is 280. The summed E-state index contributed by atoms with van der Waals surface area (Å²) in [6.07, 6.45) is 0.410. The number of nitrogens with two attached hydrogens (primary N) is 10. The molecule has 0 aliphatic carbocycles. The highest BCUT2D eigenvalue weighted by atomic mass is 16.4. The predicted molar refractivity (Wildman–Crippen MR) is 520 cm³/mol. The molecule has 49 N–H and O–H groups in total. The van der Waals surface area contributed by atoms with Crippen molar-refractivity contribution < 1.29 is 126 Å². The monoisotopic (exact) mass is 2060 g/mol. The molecule has 60 nitrogen and oxygen atoms in total. The van der Waals surface area contributed by atoms with Gasteiger partial charge < -0.3 is 195 Å². The molecule has 0 aromatic rings. The zero-order valence-electron chi connectivity index (χ0n) is 82.6. The van der Waals surface area contributed by atoms with E-state index in [0.29, 0.717) is 51.5 Å². The molecule has 16 atom stereocenters. The topological polar surface area (TPSA) is 1040 Å². The highest BCUT2D eigenvalue weighted by Crippen LogP contribution is 2.14. The lowest BCUT2D eigenvalue weighted by Gasteiger charge is -2.28. The van der Waals surface area contributed by atoms with Crippen molar-refractivity contribution in [3.8, 4) is 0 Å². The third kappa shape index (κ3) is 60.6. The second-order valence-corrected chi connectivity index (χ2v) is 33.8. The molecule has 0 spiro atoms. The Labute approximate surface area is 833 Å². The summed E-state index contributed by atoms with van der Waals surface area (Å²) in [5.74, 6) is -22.9. The van der Waals surface area contributed by atoms with Crippen LogP contribution < -0.4 is 169 Å². The molecule has 0 fully saturated rings. The highest BCUT2D eigenvalue weighted by molar-refractivity contribution is 6.01. The fraction of sp³-hybridized carbons (Fsp3) is 0.714. The van der Waals surface area contributed by atoms with E-state index in [1.165, 1.54) is 13.8 Å². The molecule has 0 heterocycles. The lowest BCUT2D eigenvalue weighted by atomic mass is 10.0. The maximum absolute atomic E-state index is 14.4. The Hall–Kier alpha value is -13.7. The van der Waals surface area contributed by atoms with Crippen LogP contribution in [-0.4, -0.2) is 356 Å². The fourth-order valence-electron chi connectivity index (χ4n) is 13.0. The summed E-state index contributed by atoms with van der Waals surface area (Å²) in [6, 6.07) is -22.7. The molecular weight excluding hydrogens is 1900 g/mol. The maximum atomic E-state index is 14.4. The van der Waals surface area contributed by atoms with E-state index in [4.69, 9.17) is 83.5 Å². The molecule has 0 unspecified atom stereocenters. The van der Waals surface area contributed by atoms with E-state index < -0.39 is 291 Å². The van der Waals surface area contributed by atoms with E-state index in [1.807, 2.05) is 5.32 Å². The number of carbonyl (C=O) groups is 21. The summed E-state index contributed by atoms with van der Waals surface area (Å²) in [5, 5.41) is 120. The van der Waals surface area contributed by atoms with Crippen molar-refractivity contribution in [2.24, 2.45) is 63.3 Å². The number of unbranched alkanes of at least 4 members (excludes halogenated alkanes) is 5. The van der Waals surface area contributed by atoms with Crippen LogP contribution in [0.25, 0.3) is 0 Å². The van der Waals surface area contributed by atoms with Gasteiger partial charge >= 0.3 is 5.97 Å². The number of guanidine groups is 3. The van der Waals surface area contributed by atoms with Crippen LogP contribution in [0.2, 0.25) is 0 Å². The first-order valence-electron chi connectivity index (χ1n) is 47.3. The molecule has 0 bridgehead atoms. The van der Waals surface area contributed by atoms with Crippen LogP contribution in [0.4, 0.5) is 0 Å². The maximum Gasteiger partial charge on any atom is 0.328 e. The molecular formula is C84H158N34O26. The first-order valence-corrected chi connectivity index (χ1v) is 47.3. The van der Waals surface area contributed by atoms with Crippen LogP contribution in [0, 0.1) is 22.1 Å². The first-order chi connectivity index (χ1) is 67.9. The number of hydrogen-bond donors (Lipinski definition) is 39. The number of aliphatic carboxylic acids is 2. The van der Waals surface area contributed by atoms with E-state index in [9.17, 15) is 116 Å². The smallest absolute Gasteiger partial charge is 0.328 e. The molecule has 0 saturated heterocycles. The van der Waals surface area contributed by atoms with Crippen molar-refractivity contribution in [3.63, 3.8) is 0 Å². The van der Waals surface area contributed by atoms with Crippen molar-refractivity contribution in [1.29, 1.82) is 16.2 Å². The summed E-state index contributed by atoms with van der Waals surface area (Å²) in [7, 11) is 0. The average molecular weight is 2060 g/mol. The molecule has 0 radical (unpaired) electrons. The van der Waals surface area contributed by atoms with Gasteiger partial charge in [-0.05, 0) is 194 Å². The van der Waals surface area contributed by atoms with Gasteiger partial charge in [-0.3, -0.25) is 112 Å². The lowest BCUT2D eigenvalue weighted by Crippen LogP contribution is -2.62. The van der Waals surface area contributed by atoms with Crippen LogP contribution in [0.1, 0.15) is 189 Å². The Morgan fingerprint density at radius 1 is 0.278 bits per heavy atom. The Bertz CT molecular complexity index is 4140. The number of aliphatic hydroxyl groups is 3. The minimum absolute atomic E-state index is 0.00420. The number of primary amides is 1. The Balaban J connectivity index is 0. The molecule has 0 rings (SSSR count). The van der Waals surface area contributed by atoms with Gasteiger partial charge in [0.25, 0.3) is 5.97 Å². The predicted octanol–water partition coefficient (Wildman–Crippen LogP) is -15.5. The molecule has 19 amide bonds. The number of carboxylic acids is 2. The van der Waals surface area contributed by atoms with E-state index >= 15 is 0 Å². The molecule has 144 heavy (non-hydrogen) atoms. The molecule has 0 aromatic carbocycles. The third-order valence-electron chi connectivity index (χ3n) is 21.0. The summed E-state index contributed by atoms with van der Waals surface area (Å²) < 4.78 is 0. The molecule has 0 aliphatic heterocycles. The van der Waals surface area contributed by atoms with Gasteiger partial charge in [-0.15, -0.1) is 0 Å². The minimum Gasteiger partial charge on any atom is -0.481 e. The molecule has 60 heteroatoms. The van der Waals surface area contributed by atoms with Crippen LogP contribution in [0.15, 0.2) is 0 Å². The Morgan fingerprint density at radius 3 is 0.861 bits per heavy atom. The molecule has 0 aromatic heterocycles. The van der Waals surface area contributed by atoms with E-state index in [0.717, 1.165) is 13.8 Å². The van der Waals surface area contributed by atoms with Gasteiger partial charge in [0.2, 0.25) is 112 Å². The van der Waals surface area contributed by atoms with E-state index in [-0.39, 0.29) is 142 Å². The highest BCUT2D eigenvalue weighted by Gasteiger charge is 2.39. The fourth-order valence-corrected chi connectivity index (χ4v) is 13.0. The summed E-state index contributed by atoms with van der Waals surface area (Å²) >= 11 is 0. The minimum atomic E-state index is -1.88. The average Bonchev–Trinajstić information content (AvgIpc) is 0.841. The van der Waals surface area contributed by atoms with Crippen molar-refractivity contribution in [2.75, 3.05) is 91.8 Å². The van der Waals surface area contributed by atoms with Crippen LogP contribution in [0.3, 0.4) is 0 Å². The van der Waals surface area contributed by atoms with Crippen LogP contribution in [-0.2, 0) is 101 Å². The largest absolute Gasteiger partial charge is 0.481 e. The number of rotatable bonds is 76. The van der Waals surface area contributed by atoms with Gasteiger partial charge in [0, 0.05) is 33.0 Å². The van der Waals surface area contributed by atoms with Gasteiger partial charge in [0.05, 0.1) is 51.5 Å². The van der Waals surface area contributed by atoms with Crippen molar-refractivity contribution >= 4 is 142 Å². The lowest BCUT2D eigenvalue weighted by molar-refractivity contribution is -0.143. The quantitative estimate of drug-likeness (QED) is 0.0153. The summed E-state index contributed by atoms with van der Waals surface area (Å²) in [6.45, 7) is 3.65. The van der Waals surface area contributed by atoms with Crippen LogP contribution in [0.5, 0.6) is 0 Å². The number of aliphatic hydroxyl groups excluding tert-OH is 3. The standard InChI is InChI=1S/C82H154N34O24.C2H4O2/c1-43(2)63(115-74(134)50(21-8-13-31-85)107-60(122)38-99-59(121)37-101-69(129)55(27-28-58(89)120)110-72(132)49(20-7-12-30-84)106-62(124)40-102-68(128)48(24-16-34-96-80(90)91)105-61(123)39-100-67(127)47(88)19-6-11-29-83)77(137)111-53(25-17-35-97-81(92)93)71(131)104-44(3)65(125)108-51(22-9-14-32-86)70(130)103-45(4)66(126)109-52(23-10-15-33-87)75(135)116-64(46(5)119)78(138)112-54(26-18-36-98-82(94)95)73(133)113-56(41-117)76(136)114-57(42-118)79(139)140;1-2(3)4/h43-57,63-64,117-119H,6-42,83-88H2,1-5H3,(H2,89,120)(H,99,121)(H,100,127)(H,101,129)(H,102,128)(H,103,130)(H,104,131)(H,105,123)(H,106,124)(H,107,122)(H,108,125)(H,109,126)(H,110,132)(H,111,137)(H,112,138)(H,113,133)(H,114,136)(H,115,134)(H,116,135)(H,139,140)(H4,90,91,96)(H4,92,93,97)(H4,94,95,98);1H3,(H,3,4)/t44-,45-,46+,47-,48-,49-,50-,51-,52-,53-,54-,55-,56-,57-,63-,64-;/m0./s1. The van der Waals surface area contributed by atoms with E-state index in [1.54, 1.807) is 13.8 Å². The Kier molecular flexibility index (Phi) is 69.9. The van der Waals surface area contributed by atoms with Gasteiger partial charge in [0.15, 0.2) is 17.9 Å². The number of carbonyl (C=O) groups excluding carboxylic acids is 19. The van der Waals surface area contributed by atoms with Crippen molar-refractivity contribution in [3.05, 3.63) is 0 Å². The number of amides is 19. The second-order valence-electron chi connectivity index (χ2n) is 33.8. The van der Waals surface area contributed by atoms with Gasteiger partial charge in [-0.25, -0.2) is 4.79 Å². The van der Waals surface area contributed by atoms with Crippen molar-refractivity contribution in [2.45, 2.75) is 286 Å². The Morgan fingerprint density at radius 2 is 0.535 bits per heavy atom. The van der Waals surface area contributed by atoms with E-state index in [2.05, 4.69) is 106 Å². The first kappa shape index (κ1) is 132. The SMILES string of the molecule is CC(=O)O.CC(C)[C@H](NC(=O)[C@H](CCCCN)NC(=O)CNC(=O)CNC(=O)[C@H](CCC(N)=O)NC(=O)[C@H](CCCCN)NC(=O)CNC(=O)[C@H](CCCNC(=N)N)NC(=O)CNC(=O)[C@@H](N)CCCCN)C(=O)N[C@@H](CCCNC(=N)N)C(=O)N[C@@H](C)C(=O)N[C@@H](CCCCN)C(=O)N[C@@H](C)C(=O)N[C@@H](CCCCN)C(=O)N[C@H](C(=O)N[C@@H](CCCNC(=N)N)C(=O)N[C@@H](CO)C(=O)N[C@@H](CO)C(=O)O)[C@@H](C)O. The number of nitrogens with one attached hydrogen (secondary N) is 24. The van der Waals surface area contributed by atoms with Crippen LogP contribution >= 0.6 is 0 Å². The van der Waals surface area contributed by atoms with Gasteiger partial charge in [0.1, 0.15) is 84.6 Å². The third-order valence-corrected chi connectivity index (χ3v) is 21.0. The zero-order valence-corrected chi connectivity index (χ0v) is 82.6. The van der Waals surface area contributed by atoms with Gasteiger partial charge in [-0.1, -0.05) is 20.3 Å². The normalized spacial score (nSPS) is 14.2. The van der Waals surface area contributed by atoms with Gasteiger partial charge in [-0.2, -0.15) is 0 Å². The van der Waals surface area contributed by atoms with Crippen molar-refractivity contribution in [1.82, 2.24) is 112 Å². The summed E-state index contributed by atoms with van der Waals surface area (Å²) in [5.41, 5.74) is 56.1. The second kappa shape index (κ2) is 76.1. The number of carboxylic acid groups (broad SMARTS) is 2. The molecule has 0 aliphatic rings. The molecule has 820 valence electrons. The zero-order chi connectivity index (χ0) is 110.